The van der Waals surface area contributed by atoms with E-state index < -0.39 is 17.5 Å². The van der Waals surface area contributed by atoms with Crippen molar-refractivity contribution in [3.8, 4) is 5.75 Å². The van der Waals surface area contributed by atoms with Crippen LogP contribution in [0.25, 0.3) is 0 Å². The second kappa shape index (κ2) is 5.90. The van der Waals surface area contributed by atoms with E-state index in [9.17, 15) is 13.6 Å². The molecule has 2 aromatic rings. The van der Waals surface area contributed by atoms with Crippen LogP contribution in [0.5, 0.6) is 5.75 Å². The number of nitrogens with one attached hydrogen (secondary N) is 1. The summed E-state index contributed by atoms with van der Waals surface area (Å²) >= 11 is 0. The summed E-state index contributed by atoms with van der Waals surface area (Å²) in [5.41, 5.74) is 0.564. The van der Waals surface area contributed by atoms with Crippen molar-refractivity contribution in [2.45, 2.75) is 0 Å². The van der Waals surface area contributed by atoms with Crippen molar-refractivity contribution in [1.82, 2.24) is 4.98 Å². The zero-order valence-electron chi connectivity index (χ0n) is 9.77. The number of pyridine rings is 1. The van der Waals surface area contributed by atoms with Crippen LogP contribution >= 0.6 is 0 Å². The average Bonchev–Trinajstić information content (AvgIpc) is 2.36. The smallest absolute Gasteiger partial charge is 0.262 e. The molecule has 6 heteroatoms. The lowest BCUT2D eigenvalue weighted by molar-refractivity contribution is -0.118. The summed E-state index contributed by atoms with van der Waals surface area (Å²) in [7, 11) is 0. The van der Waals surface area contributed by atoms with E-state index in [1.807, 2.05) is 0 Å². The molecule has 0 aliphatic rings. The van der Waals surface area contributed by atoms with E-state index >= 15 is 0 Å². The molecule has 0 aliphatic carbocycles. The summed E-state index contributed by atoms with van der Waals surface area (Å²) in [6, 6.07) is 5.95. The third kappa shape index (κ3) is 4.02. The van der Waals surface area contributed by atoms with Crippen molar-refractivity contribution in [2.24, 2.45) is 0 Å². The Morgan fingerprint density at radius 2 is 1.79 bits per heavy atom. The zero-order valence-corrected chi connectivity index (χ0v) is 9.77. The van der Waals surface area contributed by atoms with E-state index in [1.54, 1.807) is 12.1 Å². The van der Waals surface area contributed by atoms with Crippen molar-refractivity contribution in [2.75, 3.05) is 11.9 Å². The highest BCUT2D eigenvalue weighted by atomic mass is 19.1. The van der Waals surface area contributed by atoms with Crippen LogP contribution in [0, 0.1) is 11.6 Å². The topological polar surface area (TPSA) is 51.2 Å². The van der Waals surface area contributed by atoms with Crippen LogP contribution in [0.1, 0.15) is 0 Å². The lowest BCUT2D eigenvalue weighted by Gasteiger charge is -2.07. The lowest BCUT2D eigenvalue weighted by Crippen LogP contribution is -2.20. The summed E-state index contributed by atoms with van der Waals surface area (Å²) in [6.45, 7) is -0.342. The molecule has 0 bridgehead atoms. The van der Waals surface area contributed by atoms with Gasteiger partial charge < -0.3 is 10.1 Å². The molecular weight excluding hydrogens is 254 g/mol. The Morgan fingerprint density at radius 3 is 2.42 bits per heavy atom. The SMILES string of the molecule is O=C(COc1cc(F)cc(F)c1)Nc1ccncc1. The van der Waals surface area contributed by atoms with Crippen LogP contribution in [0.15, 0.2) is 42.7 Å². The van der Waals surface area contributed by atoms with Crippen LogP contribution < -0.4 is 10.1 Å². The number of ether oxygens (including phenoxy) is 1. The monoisotopic (exact) mass is 264 g/mol. The number of anilines is 1. The maximum Gasteiger partial charge on any atom is 0.262 e. The first-order chi connectivity index (χ1) is 9.13. The predicted octanol–water partition coefficient (Wildman–Crippen LogP) is 2.38. The normalized spacial score (nSPS) is 10.0. The fraction of sp³-hybridized carbons (Fsp3) is 0.0769. The summed E-state index contributed by atoms with van der Waals surface area (Å²) in [5, 5.41) is 2.55. The first-order valence-electron chi connectivity index (χ1n) is 5.42. The van der Waals surface area contributed by atoms with Gasteiger partial charge >= 0.3 is 0 Å². The quantitative estimate of drug-likeness (QED) is 0.922. The number of aromatic nitrogens is 1. The number of hydrogen-bond acceptors (Lipinski definition) is 3. The molecule has 0 atom stereocenters. The second-order valence-corrected chi connectivity index (χ2v) is 3.68. The van der Waals surface area contributed by atoms with Gasteiger partial charge in [-0.05, 0) is 12.1 Å². The number of hydrogen-bond donors (Lipinski definition) is 1. The van der Waals surface area contributed by atoms with E-state index in [0.717, 1.165) is 18.2 Å². The predicted molar refractivity (Wildman–Crippen MR) is 64.7 cm³/mol. The molecule has 19 heavy (non-hydrogen) atoms. The molecule has 0 aliphatic heterocycles. The minimum atomic E-state index is -0.760. The molecule has 0 saturated heterocycles. The van der Waals surface area contributed by atoms with Gasteiger partial charge in [0.15, 0.2) is 6.61 Å². The van der Waals surface area contributed by atoms with Gasteiger partial charge in [-0.3, -0.25) is 9.78 Å². The number of carbonyl (C=O) groups is 1. The molecule has 0 saturated carbocycles. The molecule has 98 valence electrons. The molecule has 2 rings (SSSR count). The Labute approximate surface area is 108 Å². The van der Waals surface area contributed by atoms with E-state index in [1.165, 1.54) is 12.4 Å². The van der Waals surface area contributed by atoms with Gasteiger partial charge in [-0.1, -0.05) is 0 Å². The molecular formula is C13H10F2N2O2. The molecule has 1 amide bonds. The number of halogens is 2. The minimum Gasteiger partial charge on any atom is -0.484 e. The molecule has 1 N–H and O–H groups in total. The first-order valence-corrected chi connectivity index (χ1v) is 5.42. The van der Waals surface area contributed by atoms with Gasteiger partial charge in [-0.2, -0.15) is 0 Å². The molecule has 0 spiro atoms. The van der Waals surface area contributed by atoms with Crippen molar-refractivity contribution in [3.05, 3.63) is 54.4 Å². The Bertz CT molecular complexity index is 556. The first kappa shape index (κ1) is 12.9. The van der Waals surface area contributed by atoms with Gasteiger partial charge in [0, 0.05) is 36.3 Å². The van der Waals surface area contributed by atoms with Gasteiger partial charge in [0.25, 0.3) is 5.91 Å². The fourth-order valence-corrected chi connectivity index (χ4v) is 1.39. The van der Waals surface area contributed by atoms with Crippen LogP contribution in [-0.2, 0) is 4.79 Å². The summed E-state index contributed by atoms with van der Waals surface area (Å²) in [4.78, 5) is 15.3. The molecule has 4 nitrogen and oxygen atoms in total. The van der Waals surface area contributed by atoms with Crippen molar-refractivity contribution in [3.63, 3.8) is 0 Å². The molecule has 0 fully saturated rings. The molecule has 1 aromatic heterocycles. The maximum atomic E-state index is 12.9. The fourth-order valence-electron chi connectivity index (χ4n) is 1.39. The molecule has 0 radical (unpaired) electrons. The van der Waals surface area contributed by atoms with Gasteiger partial charge in [0.2, 0.25) is 0 Å². The second-order valence-electron chi connectivity index (χ2n) is 3.68. The largest absolute Gasteiger partial charge is 0.484 e. The third-order valence-corrected chi connectivity index (χ3v) is 2.17. The van der Waals surface area contributed by atoms with Crippen molar-refractivity contribution >= 4 is 11.6 Å². The van der Waals surface area contributed by atoms with E-state index in [2.05, 4.69) is 10.3 Å². The van der Waals surface area contributed by atoms with Crippen LogP contribution in [0.4, 0.5) is 14.5 Å². The summed E-state index contributed by atoms with van der Waals surface area (Å²) in [5.74, 6) is -1.99. The van der Waals surface area contributed by atoms with Crippen LogP contribution in [0.3, 0.4) is 0 Å². The number of amides is 1. The molecule has 1 heterocycles. The highest BCUT2D eigenvalue weighted by Crippen LogP contribution is 2.15. The average molecular weight is 264 g/mol. The van der Waals surface area contributed by atoms with Crippen LogP contribution in [0.2, 0.25) is 0 Å². The molecule has 1 aromatic carbocycles. The van der Waals surface area contributed by atoms with Crippen LogP contribution in [-0.4, -0.2) is 17.5 Å². The number of benzene rings is 1. The minimum absolute atomic E-state index is 0.0395. The van der Waals surface area contributed by atoms with E-state index in [0.29, 0.717) is 5.69 Å². The van der Waals surface area contributed by atoms with E-state index in [4.69, 9.17) is 4.74 Å². The summed E-state index contributed by atoms with van der Waals surface area (Å²) in [6.07, 6.45) is 3.05. The molecule has 0 unspecified atom stereocenters. The number of carbonyl (C=O) groups excluding carboxylic acids is 1. The Balaban J connectivity index is 1.90. The van der Waals surface area contributed by atoms with Crippen molar-refractivity contribution < 1.29 is 18.3 Å². The van der Waals surface area contributed by atoms with Gasteiger partial charge in [-0.25, -0.2) is 8.78 Å². The number of rotatable bonds is 4. The van der Waals surface area contributed by atoms with E-state index in [-0.39, 0.29) is 12.4 Å². The van der Waals surface area contributed by atoms with Gasteiger partial charge in [0.1, 0.15) is 17.4 Å². The Morgan fingerprint density at radius 1 is 1.16 bits per heavy atom. The standard InChI is InChI=1S/C13H10F2N2O2/c14-9-5-10(15)7-12(6-9)19-8-13(18)17-11-1-3-16-4-2-11/h1-7H,8H2,(H,16,17,18). The summed E-state index contributed by atoms with van der Waals surface area (Å²) < 4.78 is 30.7. The van der Waals surface area contributed by atoms with Gasteiger partial charge in [-0.15, -0.1) is 0 Å². The maximum absolute atomic E-state index is 12.9. The highest BCUT2D eigenvalue weighted by molar-refractivity contribution is 5.91. The third-order valence-electron chi connectivity index (χ3n) is 2.17. The Hall–Kier alpha value is -2.50. The lowest BCUT2D eigenvalue weighted by atomic mass is 10.3. The zero-order chi connectivity index (χ0) is 13.7. The van der Waals surface area contributed by atoms with Gasteiger partial charge in [0.05, 0.1) is 0 Å². The number of nitrogens with zero attached hydrogens (tertiary/aromatic N) is 1. The van der Waals surface area contributed by atoms with Crippen molar-refractivity contribution in [1.29, 1.82) is 0 Å². The highest BCUT2D eigenvalue weighted by Gasteiger charge is 2.06. The Kier molecular flexibility index (Phi) is 4.02.